The number of ether oxygens (including phenoxy) is 1. The largest absolute Gasteiger partial charge is 0.573 e. The van der Waals surface area contributed by atoms with Gasteiger partial charge in [0, 0.05) is 0 Å². The smallest absolute Gasteiger partial charge is 0.406 e. The van der Waals surface area contributed by atoms with Crippen molar-refractivity contribution in [2.45, 2.75) is 51.5 Å². The molecule has 1 aromatic carbocycles. The highest BCUT2D eigenvalue weighted by atomic mass is 19.4. The summed E-state index contributed by atoms with van der Waals surface area (Å²) in [5, 5.41) is 9.77. The van der Waals surface area contributed by atoms with Crippen molar-refractivity contribution in [1.82, 2.24) is 0 Å². The third kappa shape index (κ3) is 7.06. The fraction of sp³-hybridized carbons (Fsp3) is 0.571. The molecule has 0 saturated heterocycles. The van der Waals surface area contributed by atoms with Crippen molar-refractivity contribution in [2.24, 2.45) is 0 Å². The van der Waals surface area contributed by atoms with E-state index in [4.69, 9.17) is 0 Å². The molecular weight excluding hydrogens is 257 g/mol. The van der Waals surface area contributed by atoms with Crippen LogP contribution in [0.15, 0.2) is 24.3 Å². The molecule has 0 fully saturated rings. The lowest BCUT2D eigenvalue weighted by molar-refractivity contribution is -0.274. The molecule has 108 valence electrons. The lowest BCUT2D eigenvalue weighted by atomic mass is 10.0. The summed E-state index contributed by atoms with van der Waals surface area (Å²) in [4.78, 5) is 0. The minimum absolute atomic E-state index is 0.239. The summed E-state index contributed by atoms with van der Waals surface area (Å²) in [6.07, 6.45) is -0.800. The first kappa shape index (κ1) is 15.8. The molecule has 0 aromatic heterocycles. The van der Waals surface area contributed by atoms with Gasteiger partial charge in [-0.05, 0) is 30.5 Å². The van der Waals surface area contributed by atoms with E-state index in [1.165, 1.54) is 12.1 Å². The topological polar surface area (TPSA) is 29.5 Å². The van der Waals surface area contributed by atoms with Gasteiger partial charge in [-0.15, -0.1) is 13.2 Å². The van der Waals surface area contributed by atoms with Gasteiger partial charge in [0.25, 0.3) is 0 Å². The second-order valence-electron chi connectivity index (χ2n) is 4.55. The minimum Gasteiger partial charge on any atom is -0.406 e. The van der Waals surface area contributed by atoms with Crippen LogP contribution in [0.5, 0.6) is 5.75 Å². The van der Waals surface area contributed by atoms with E-state index in [2.05, 4.69) is 11.7 Å². The molecular formula is C14H19F3O2. The number of hydrogen-bond donors (Lipinski definition) is 1. The fourth-order valence-electron chi connectivity index (χ4n) is 1.83. The number of aliphatic hydroxyl groups is 1. The van der Waals surface area contributed by atoms with Gasteiger partial charge in [-0.3, -0.25) is 0 Å². The third-order valence-electron chi connectivity index (χ3n) is 2.77. The quantitative estimate of drug-likeness (QED) is 0.761. The Morgan fingerprint density at radius 3 is 2.32 bits per heavy atom. The van der Waals surface area contributed by atoms with Crippen molar-refractivity contribution in [3.63, 3.8) is 0 Å². The molecule has 1 N–H and O–H groups in total. The van der Waals surface area contributed by atoms with Crippen LogP contribution in [0.4, 0.5) is 13.2 Å². The van der Waals surface area contributed by atoms with E-state index in [1.54, 1.807) is 12.1 Å². The Hall–Kier alpha value is -1.23. The van der Waals surface area contributed by atoms with Crippen molar-refractivity contribution in [2.75, 3.05) is 0 Å². The highest BCUT2D eigenvalue weighted by Crippen LogP contribution is 2.23. The Labute approximate surface area is 111 Å². The van der Waals surface area contributed by atoms with Crippen molar-refractivity contribution >= 4 is 0 Å². The Bertz CT molecular complexity index is 360. The Morgan fingerprint density at radius 2 is 1.79 bits per heavy atom. The Balaban J connectivity index is 2.43. The van der Waals surface area contributed by atoms with E-state index in [9.17, 15) is 18.3 Å². The van der Waals surface area contributed by atoms with E-state index >= 15 is 0 Å². The highest BCUT2D eigenvalue weighted by molar-refractivity contribution is 5.27. The van der Waals surface area contributed by atoms with Gasteiger partial charge >= 0.3 is 6.36 Å². The molecule has 1 rings (SSSR count). The summed E-state index contributed by atoms with van der Waals surface area (Å²) in [7, 11) is 0. The lowest BCUT2D eigenvalue weighted by Crippen LogP contribution is -2.17. The second kappa shape index (κ2) is 7.38. The van der Waals surface area contributed by atoms with Crippen molar-refractivity contribution in [3.05, 3.63) is 29.8 Å². The molecule has 0 aliphatic carbocycles. The number of alkyl halides is 3. The number of hydrogen-bond acceptors (Lipinski definition) is 2. The SMILES string of the molecule is CCCCCC(O)Cc1ccc(OC(F)(F)F)cc1. The Kier molecular flexibility index (Phi) is 6.15. The molecule has 0 aliphatic rings. The monoisotopic (exact) mass is 276 g/mol. The number of unbranched alkanes of at least 4 members (excludes halogenated alkanes) is 2. The number of rotatable bonds is 7. The van der Waals surface area contributed by atoms with Gasteiger partial charge in [-0.1, -0.05) is 38.3 Å². The van der Waals surface area contributed by atoms with Gasteiger partial charge in [0.1, 0.15) is 5.75 Å². The zero-order chi connectivity index (χ0) is 14.3. The molecule has 0 aliphatic heterocycles. The van der Waals surface area contributed by atoms with Gasteiger partial charge in [0.05, 0.1) is 6.10 Å². The summed E-state index contributed by atoms with van der Waals surface area (Å²) in [5.41, 5.74) is 0.804. The van der Waals surface area contributed by atoms with E-state index < -0.39 is 12.5 Å². The molecule has 0 spiro atoms. The molecule has 1 unspecified atom stereocenters. The van der Waals surface area contributed by atoms with Gasteiger partial charge in [-0.25, -0.2) is 0 Å². The fourth-order valence-corrected chi connectivity index (χ4v) is 1.83. The predicted molar refractivity (Wildman–Crippen MR) is 67.0 cm³/mol. The van der Waals surface area contributed by atoms with Crippen molar-refractivity contribution < 1.29 is 23.0 Å². The summed E-state index contributed by atoms with van der Waals surface area (Å²) in [5.74, 6) is -0.239. The van der Waals surface area contributed by atoms with Crippen LogP contribution >= 0.6 is 0 Å². The van der Waals surface area contributed by atoms with E-state index in [-0.39, 0.29) is 5.75 Å². The standard InChI is InChI=1S/C14H19F3O2/c1-2-3-4-5-12(18)10-11-6-8-13(9-7-11)19-14(15,16)17/h6-9,12,18H,2-5,10H2,1H3. The predicted octanol–water partition coefficient (Wildman–Crippen LogP) is 4.07. The molecule has 0 saturated carbocycles. The van der Waals surface area contributed by atoms with Gasteiger partial charge in [-0.2, -0.15) is 0 Å². The molecule has 0 radical (unpaired) electrons. The van der Waals surface area contributed by atoms with Gasteiger partial charge < -0.3 is 9.84 Å². The lowest BCUT2D eigenvalue weighted by Gasteiger charge is -2.12. The van der Waals surface area contributed by atoms with E-state index in [1.807, 2.05) is 0 Å². The maximum absolute atomic E-state index is 12.0. The van der Waals surface area contributed by atoms with Crippen LogP contribution in [-0.4, -0.2) is 17.6 Å². The van der Waals surface area contributed by atoms with Gasteiger partial charge in [0.2, 0.25) is 0 Å². The summed E-state index contributed by atoms with van der Waals surface area (Å²) in [6.45, 7) is 2.09. The highest BCUT2D eigenvalue weighted by Gasteiger charge is 2.30. The number of aliphatic hydroxyl groups excluding tert-OH is 1. The third-order valence-corrected chi connectivity index (χ3v) is 2.77. The molecule has 1 aromatic rings. The zero-order valence-electron chi connectivity index (χ0n) is 10.9. The molecule has 1 atom stereocenters. The average Bonchev–Trinajstić information content (AvgIpc) is 2.30. The van der Waals surface area contributed by atoms with Gasteiger partial charge in [0.15, 0.2) is 0 Å². The number of benzene rings is 1. The van der Waals surface area contributed by atoms with E-state index in [0.717, 1.165) is 24.8 Å². The molecule has 0 amide bonds. The van der Waals surface area contributed by atoms with Crippen LogP contribution in [0.2, 0.25) is 0 Å². The van der Waals surface area contributed by atoms with Crippen LogP contribution in [0, 0.1) is 0 Å². The first-order valence-electron chi connectivity index (χ1n) is 6.43. The molecule has 19 heavy (non-hydrogen) atoms. The molecule has 2 nitrogen and oxygen atoms in total. The van der Waals surface area contributed by atoms with Crippen molar-refractivity contribution in [3.8, 4) is 5.75 Å². The summed E-state index contributed by atoms with van der Waals surface area (Å²) < 4.78 is 39.7. The van der Waals surface area contributed by atoms with Crippen LogP contribution in [0.3, 0.4) is 0 Å². The number of halogens is 3. The van der Waals surface area contributed by atoms with Crippen LogP contribution in [0.1, 0.15) is 38.2 Å². The minimum atomic E-state index is -4.67. The summed E-state index contributed by atoms with van der Waals surface area (Å²) >= 11 is 0. The van der Waals surface area contributed by atoms with Crippen LogP contribution < -0.4 is 4.74 Å². The van der Waals surface area contributed by atoms with E-state index in [0.29, 0.717) is 12.8 Å². The maximum Gasteiger partial charge on any atom is 0.573 e. The molecule has 0 heterocycles. The van der Waals surface area contributed by atoms with Crippen LogP contribution in [0.25, 0.3) is 0 Å². The second-order valence-corrected chi connectivity index (χ2v) is 4.55. The average molecular weight is 276 g/mol. The Morgan fingerprint density at radius 1 is 1.16 bits per heavy atom. The molecule has 0 bridgehead atoms. The van der Waals surface area contributed by atoms with Crippen molar-refractivity contribution in [1.29, 1.82) is 0 Å². The maximum atomic E-state index is 12.0. The first-order chi connectivity index (χ1) is 8.90. The normalized spacial score (nSPS) is 13.3. The molecule has 5 heteroatoms. The zero-order valence-corrected chi connectivity index (χ0v) is 10.9. The first-order valence-corrected chi connectivity index (χ1v) is 6.43. The summed E-state index contributed by atoms with van der Waals surface area (Å²) in [6, 6.07) is 5.62. The van der Waals surface area contributed by atoms with Crippen LogP contribution in [-0.2, 0) is 6.42 Å².